The number of carbonyl (C=O) groups excluding carboxylic acids is 1. The number of Topliss-reactive ketones (excluding diaryl/α,β-unsaturated/α-hetero) is 1. The van der Waals surface area contributed by atoms with Gasteiger partial charge in [-0.1, -0.05) is 32.6 Å². The summed E-state index contributed by atoms with van der Waals surface area (Å²) < 4.78 is 1.16. The third-order valence-electron chi connectivity index (χ3n) is 3.30. The second-order valence-electron chi connectivity index (χ2n) is 4.94. The molecule has 0 fully saturated rings. The molecule has 0 saturated heterocycles. The maximum Gasteiger partial charge on any atom is 0.328 e. The molecular formula is C14H22N2O3. The van der Waals surface area contributed by atoms with Gasteiger partial charge in [0.05, 0.1) is 5.56 Å². The van der Waals surface area contributed by atoms with Gasteiger partial charge < -0.3 is 4.98 Å². The fourth-order valence-electron chi connectivity index (χ4n) is 2.14. The maximum absolute atomic E-state index is 12.1. The fraction of sp³-hybridized carbons (Fsp3) is 0.643. The predicted molar refractivity (Wildman–Crippen MR) is 74.8 cm³/mol. The van der Waals surface area contributed by atoms with Crippen LogP contribution in [0.25, 0.3) is 0 Å². The summed E-state index contributed by atoms with van der Waals surface area (Å²) in [6, 6.07) is -0.188. The van der Waals surface area contributed by atoms with Crippen LogP contribution in [-0.4, -0.2) is 15.3 Å². The van der Waals surface area contributed by atoms with Crippen LogP contribution >= 0.6 is 0 Å². The van der Waals surface area contributed by atoms with Crippen LogP contribution in [0, 0.1) is 0 Å². The standard InChI is InChI=1S/C14H22N2O3/c1-4-5-6-7-8-10(2)16-13(18)12(11(3)17)9-15-14(16)19/h9-10H,4-8H2,1-3H3,(H,15,19). The summed E-state index contributed by atoms with van der Waals surface area (Å²) in [5, 5.41) is 0. The highest BCUT2D eigenvalue weighted by Gasteiger charge is 2.15. The van der Waals surface area contributed by atoms with E-state index in [1.807, 2.05) is 6.92 Å². The van der Waals surface area contributed by atoms with E-state index in [1.165, 1.54) is 13.1 Å². The fourth-order valence-corrected chi connectivity index (χ4v) is 2.14. The number of H-pyrrole nitrogens is 1. The van der Waals surface area contributed by atoms with E-state index < -0.39 is 11.2 Å². The van der Waals surface area contributed by atoms with E-state index in [0.29, 0.717) is 0 Å². The quantitative estimate of drug-likeness (QED) is 0.608. The van der Waals surface area contributed by atoms with Gasteiger partial charge in [0.15, 0.2) is 5.78 Å². The van der Waals surface area contributed by atoms with Crippen molar-refractivity contribution in [1.82, 2.24) is 9.55 Å². The molecule has 0 amide bonds. The second kappa shape index (κ2) is 7.07. The molecule has 1 aromatic rings. The first kappa shape index (κ1) is 15.4. The van der Waals surface area contributed by atoms with E-state index >= 15 is 0 Å². The van der Waals surface area contributed by atoms with Crippen molar-refractivity contribution in [3.63, 3.8) is 0 Å². The van der Waals surface area contributed by atoms with Crippen molar-refractivity contribution in [1.29, 1.82) is 0 Å². The summed E-state index contributed by atoms with van der Waals surface area (Å²) in [5.74, 6) is -0.326. The van der Waals surface area contributed by atoms with Gasteiger partial charge >= 0.3 is 5.69 Å². The first-order valence-corrected chi connectivity index (χ1v) is 6.84. The van der Waals surface area contributed by atoms with Gasteiger partial charge in [0, 0.05) is 12.2 Å². The Morgan fingerprint density at radius 2 is 2.00 bits per heavy atom. The van der Waals surface area contributed by atoms with E-state index in [0.717, 1.165) is 36.7 Å². The van der Waals surface area contributed by atoms with Crippen LogP contribution in [0.5, 0.6) is 0 Å². The van der Waals surface area contributed by atoms with Crippen molar-refractivity contribution < 1.29 is 4.79 Å². The van der Waals surface area contributed by atoms with Crippen LogP contribution in [0.3, 0.4) is 0 Å². The van der Waals surface area contributed by atoms with Crippen molar-refractivity contribution >= 4 is 5.78 Å². The third-order valence-corrected chi connectivity index (χ3v) is 3.30. The zero-order chi connectivity index (χ0) is 14.4. The highest BCUT2D eigenvalue weighted by atomic mass is 16.2. The minimum absolute atomic E-state index is 0.0417. The molecule has 0 bridgehead atoms. The van der Waals surface area contributed by atoms with E-state index in [1.54, 1.807) is 0 Å². The second-order valence-corrected chi connectivity index (χ2v) is 4.94. The molecule has 1 heterocycles. The molecule has 1 rings (SSSR count). The molecule has 1 N–H and O–H groups in total. The summed E-state index contributed by atoms with van der Waals surface area (Å²) in [4.78, 5) is 37.6. The zero-order valence-corrected chi connectivity index (χ0v) is 11.9. The summed E-state index contributed by atoms with van der Waals surface area (Å²) in [5.41, 5.74) is -0.891. The first-order chi connectivity index (χ1) is 8.99. The molecule has 5 heteroatoms. The van der Waals surface area contributed by atoms with E-state index in [-0.39, 0.29) is 17.4 Å². The van der Waals surface area contributed by atoms with Crippen LogP contribution in [0.15, 0.2) is 15.8 Å². The molecule has 0 radical (unpaired) electrons. The number of nitrogens with one attached hydrogen (secondary N) is 1. The molecule has 0 spiro atoms. The number of ketones is 1. The molecule has 1 aromatic heterocycles. The van der Waals surface area contributed by atoms with E-state index in [2.05, 4.69) is 11.9 Å². The minimum Gasteiger partial charge on any atom is -0.313 e. The molecule has 0 aromatic carbocycles. The molecule has 5 nitrogen and oxygen atoms in total. The van der Waals surface area contributed by atoms with Gasteiger partial charge in [0.1, 0.15) is 0 Å². The smallest absolute Gasteiger partial charge is 0.313 e. The number of nitrogens with zero attached hydrogens (tertiary/aromatic N) is 1. The lowest BCUT2D eigenvalue weighted by molar-refractivity contribution is 0.101. The van der Waals surface area contributed by atoms with Crippen LogP contribution in [0.4, 0.5) is 0 Å². The van der Waals surface area contributed by atoms with Gasteiger partial charge in [-0.15, -0.1) is 0 Å². The Morgan fingerprint density at radius 1 is 1.32 bits per heavy atom. The molecule has 1 atom stereocenters. The first-order valence-electron chi connectivity index (χ1n) is 6.84. The third kappa shape index (κ3) is 3.91. The molecule has 0 saturated carbocycles. The van der Waals surface area contributed by atoms with Crippen LogP contribution in [0.2, 0.25) is 0 Å². The van der Waals surface area contributed by atoms with Crippen LogP contribution in [0.1, 0.15) is 69.3 Å². The summed E-state index contributed by atoms with van der Waals surface area (Å²) in [6.45, 7) is 5.30. The monoisotopic (exact) mass is 266 g/mol. The number of unbranched alkanes of at least 4 members (excludes halogenated alkanes) is 3. The van der Waals surface area contributed by atoms with Crippen molar-refractivity contribution in [2.24, 2.45) is 0 Å². The Labute approximate surface area is 112 Å². The Balaban J connectivity index is 2.93. The van der Waals surface area contributed by atoms with E-state index in [4.69, 9.17) is 0 Å². The van der Waals surface area contributed by atoms with Crippen molar-refractivity contribution in [3.05, 3.63) is 32.6 Å². The highest BCUT2D eigenvalue weighted by molar-refractivity contribution is 5.93. The number of rotatable bonds is 7. The molecule has 1 unspecified atom stereocenters. The lowest BCUT2D eigenvalue weighted by atomic mass is 10.1. The minimum atomic E-state index is -0.487. The SMILES string of the molecule is CCCCCCC(C)n1c(=O)[nH]cc(C(C)=O)c1=O. The van der Waals surface area contributed by atoms with Crippen molar-refractivity contribution in [3.8, 4) is 0 Å². The van der Waals surface area contributed by atoms with Crippen molar-refractivity contribution in [2.45, 2.75) is 58.9 Å². The van der Waals surface area contributed by atoms with Gasteiger partial charge in [-0.05, 0) is 20.3 Å². The lowest BCUT2D eigenvalue weighted by Crippen LogP contribution is -2.39. The predicted octanol–water partition coefficient (Wildman–Crippen LogP) is 2.27. The number of aromatic amines is 1. The number of hydrogen-bond acceptors (Lipinski definition) is 3. The average Bonchev–Trinajstić information content (AvgIpc) is 2.34. The van der Waals surface area contributed by atoms with Crippen LogP contribution < -0.4 is 11.2 Å². The molecule has 0 aliphatic heterocycles. The van der Waals surface area contributed by atoms with Gasteiger partial charge in [0.25, 0.3) is 5.56 Å². The molecule has 0 aliphatic carbocycles. The topological polar surface area (TPSA) is 71.9 Å². The van der Waals surface area contributed by atoms with Gasteiger partial charge in [-0.3, -0.25) is 14.2 Å². The zero-order valence-electron chi connectivity index (χ0n) is 11.9. The number of carbonyl (C=O) groups is 1. The van der Waals surface area contributed by atoms with E-state index in [9.17, 15) is 14.4 Å². The summed E-state index contributed by atoms with van der Waals surface area (Å²) >= 11 is 0. The Morgan fingerprint density at radius 3 is 2.58 bits per heavy atom. The van der Waals surface area contributed by atoms with Crippen molar-refractivity contribution in [2.75, 3.05) is 0 Å². The molecular weight excluding hydrogens is 244 g/mol. The van der Waals surface area contributed by atoms with Crippen LogP contribution in [-0.2, 0) is 0 Å². The maximum atomic E-state index is 12.1. The average molecular weight is 266 g/mol. The summed E-state index contributed by atoms with van der Waals surface area (Å²) in [7, 11) is 0. The number of aromatic nitrogens is 2. The normalized spacial score (nSPS) is 12.4. The van der Waals surface area contributed by atoms with Gasteiger partial charge in [-0.25, -0.2) is 4.79 Å². The summed E-state index contributed by atoms with van der Waals surface area (Å²) in [6.07, 6.45) is 6.35. The Bertz CT molecular complexity index is 542. The lowest BCUT2D eigenvalue weighted by Gasteiger charge is -2.14. The van der Waals surface area contributed by atoms with Gasteiger partial charge in [0.2, 0.25) is 0 Å². The molecule has 106 valence electrons. The molecule has 0 aliphatic rings. The Kier molecular flexibility index (Phi) is 5.73. The van der Waals surface area contributed by atoms with Gasteiger partial charge in [-0.2, -0.15) is 0 Å². The Hall–Kier alpha value is -1.65. The molecule has 19 heavy (non-hydrogen) atoms. The largest absolute Gasteiger partial charge is 0.328 e. The highest BCUT2D eigenvalue weighted by Crippen LogP contribution is 2.12. The number of hydrogen-bond donors (Lipinski definition) is 1.